The van der Waals surface area contributed by atoms with Crippen LogP contribution >= 0.6 is 0 Å². The summed E-state index contributed by atoms with van der Waals surface area (Å²) >= 11 is 0. The Balaban J connectivity index is 2.16. The molecule has 1 aromatic carbocycles. The van der Waals surface area contributed by atoms with Crippen molar-refractivity contribution in [2.45, 2.75) is 33.2 Å². The third-order valence-corrected chi connectivity index (χ3v) is 2.95. The average molecular weight is 284 g/mol. The number of amides is 1. The first-order valence-electron chi connectivity index (χ1n) is 7.09. The van der Waals surface area contributed by atoms with Crippen molar-refractivity contribution in [1.29, 1.82) is 0 Å². The van der Waals surface area contributed by atoms with Gasteiger partial charge < -0.3 is 10.6 Å². The molecule has 0 spiro atoms. The molecule has 0 aliphatic rings. The first kappa shape index (κ1) is 15.0. The van der Waals surface area contributed by atoms with Crippen LogP contribution in [0.1, 0.15) is 36.8 Å². The van der Waals surface area contributed by atoms with Crippen LogP contribution in [0, 0.1) is 0 Å². The lowest BCUT2D eigenvalue weighted by Gasteiger charge is -2.11. The largest absolute Gasteiger partial charge is 0.352 e. The third-order valence-electron chi connectivity index (χ3n) is 2.95. The number of rotatable bonds is 5. The molecule has 0 bridgehead atoms. The van der Waals surface area contributed by atoms with Crippen molar-refractivity contribution in [1.82, 2.24) is 9.97 Å². The summed E-state index contributed by atoms with van der Waals surface area (Å²) in [6.07, 6.45) is 2.44. The van der Waals surface area contributed by atoms with E-state index in [2.05, 4.69) is 27.5 Å². The van der Waals surface area contributed by atoms with Crippen LogP contribution in [0.3, 0.4) is 0 Å². The number of aromatic nitrogens is 2. The number of benzene rings is 1. The van der Waals surface area contributed by atoms with Crippen LogP contribution < -0.4 is 10.6 Å². The van der Waals surface area contributed by atoms with E-state index in [-0.39, 0.29) is 11.9 Å². The van der Waals surface area contributed by atoms with E-state index in [0.717, 1.165) is 17.7 Å². The lowest BCUT2D eigenvalue weighted by Crippen LogP contribution is -2.18. The highest BCUT2D eigenvalue weighted by molar-refractivity contribution is 6.03. The molecule has 0 unspecified atom stereocenters. The maximum absolute atomic E-state index is 12.3. The highest BCUT2D eigenvalue weighted by Crippen LogP contribution is 2.16. The molecule has 0 fully saturated rings. The molecule has 5 nitrogen and oxygen atoms in total. The molecule has 0 aliphatic carbocycles. The van der Waals surface area contributed by atoms with Crippen LogP contribution in [0.2, 0.25) is 0 Å². The first-order chi connectivity index (χ1) is 10.1. The topological polar surface area (TPSA) is 66.9 Å². The van der Waals surface area contributed by atoms with E-state index in [1.54, 1.807) is 12.3 Å². The smallest absolute Gasteiger partial charge is 0.274 e. The summed E-state index contributed by atoms with van der Waals surface area (Å²) in [5.74, 6) is 0.228. The van der Waals surface area contributed by atoms with Gasteiger partial charge in [0.25, 0.3) is 5.91 Å². The number of nitrogens with zero attached hydrogens (tertiary/aromatic N) is 2. The van der Waals surface area contributed by atoms with Crippen LogP contribution in [0.5, 0.6) is 0 Å². The van der Waals surface area contributed by atoms with E-state index in [9.17, 15) is 4.79 Å². The fraction of sp³-hybridized carbons (Fsp3) is 0.312. The van der Waals surface area contributed by atoms with E-state index in [4.69, 9.17) is 0 Å². The van der Waals surface area contributed by atoms with Crippen molar-refractivity contribution in [2.75, 3.05) is 10.6 Å². The van der Waals surface area contributed by atoms with Gasteiger partial charge in [0.05, 0.1) is 0 Å². The Labute approximate surface area is 124 Å². The molecule has 1 amide bonds. The molecule has 0 radical (unpaired) electrons. The molecular formula is C16H20N4O. The predicted molar refractivity (Wildman–Crippen MR) is 84.6 cm³/mol. The quantitative estimate of drug-likeness (QED) is 0.885. The average Bonchev–Trinajstić information content (AvgIpc) is 2.47. The highest BCUT2D eigenvalue weighted by atomic mass is 16.1. The van der Waals surface area contributed by atoms with Gasteiger partial charge in [-0.15, -0.1) is 0 Å². The van der Waals surface area contributed by atoms with Crippen molar-refractivity contribution >= 4 is 17.5 Å². The fourth-order valence-electron chi connectivity index (χ4n) is 1.95. The Morgan fingerprint density at radius 3 is 2.71 bits per heavy atom. The second-order valence-electron chi connectivity index (χ2n) is 5.03. The Kier molecular flexibility index (Phi) is 4.87. The molecule has 2 aromatic rings. The molecule has 1 heterocycles. The maximum atomic E-state index is 12.3. The minimum Gasteiger partial charge on any atom is -0.352 e. The van der Waals surface area contributed by atoms with Gasteiger partial charge in [-0.25, -0.2) is 9.97 Å². The molecule has 0 saturated heterocycles. The third kappa shape index (κ3) is 4.02. The molecule has 110 valence electrons. The first-order valence-corrected chi connectivity index (χ1v) is 7.09. The maximum Gasteiger partial charge on any atom is 0.274 e. The van der Waals surface area contributed by atoms with Crippen molar-refractivity contribution in [3.63, 3.8) is 0 Å². The fourth-order valence-corrected chi connectivity index (χ4v) is 1.95. The summed E-state index contributed by atoms with van der Waals surface area (Å²) in [6.45, 7) is 6.04. The lowest BCUT2D eigenvalue weighted by molar-refractivity contribution is 0.102. The van der Waals surface area contributed by atoms with Gasteiger partial charge in [0.1, 0.15) is 5.69 Å². The normalized spacial score (nSPS) is 10.5. The molecule has 0 atom stereocenters. The second kappa shape index (κ2) is 6.83. The standard InChI is InChI=1S/C16H20N4O/c1-4-12-7-5-6-8-13(12)19-15(21)14-9-10-17-16(20-14)18-11(2)3/h5-11H,4H2,1-3H3,(H,19,21)(H,17,18,20). The van der Waals surface area contributed by atoms with E-state index >= 15 is 0 Å². The van der Waals surface area contributed by atoms with E-state index < -0.39 is 0 Å². The van der Waals surface area contributed by atoms with Crippen LogP contribution in [0.4, 0.5) is 11.6 Å². The van der Waals surface area contributed by atoms with Crippen molar-refractivity contribution in [3.05, 3.63) is 47.8 Å². The molecular weight excluding hydrogens is 264 g/mol. The molecule has 0 saturated carbocycles. The molecule has 1 aromatic heterocycles. The van der Waals surface area contributed by atoms with Gasteiger partial charge >= 0.3 is 0 Å². The van der Waals surface area contributed by atoms with Crippen molar-refractivity contribution in [2.24, 2.45) is 0 Å². The van der Waals surface area contributed by atoms with Crippen LogP contribution in [0.15, 0.2) is 36.5 Å². The number of anilines is 2. The predicted octanol–water partition coefficient (Wildman–Crippen LogP) is 3.11. The number of carbonyl (C=O) groups excluding carboxylic acids is 1. The van der Waals surface area contributed by atoms with Crippen LogP contribution in [-0.4, -0.2) is 21.9 Å². The Hall–Kier alpha value is -2.43. The second-order valence-corrected chi connectivity index (χ2v) is 5.03. The van der Waals surface area contributed by atoms with Gasteiger partial charge in [-0.3, -0.25) is 4.79 Å². The zero-order valence-electron chi connectivity index (χ0n) is 12.6. The Bertz CT molecular complexity index is 625. The van der Waals surface area contributed by atoms with Gasteiger partial charge in [0.15, 0.2) is 0 Å². The summed E-state index contributed by atoms with van der Waals surface area (Å²) in [7, 11) is 0. The van der Waals surface area contributed by atoms with Crippen molar-refractivity contribution in [3.8, 4) is 0 Å². The molecule has 5 heteroatoms. The number of hydrogen-bond acceptors (Lipinski definition) is 4. The Morgan fingerprint density at radius 2 is 2.00 bits per heavy atom. The molecule has 2 rings (SSSR count). The summed E-state index contributed by atoms with van der Waals surface area (Å²) in [5, 5.41) is 5.99. The minimum absolute atomic E-state index is 0.212. The van der Waals surface area contributed by atoms with E-state index in [1.807, 2.05) is 38.1 Å². The van der Waals surface area contributed by atoms with Crippen molar-refractivity contribution < 1.29 is 4.79 Å². The summed E-state index contributed by atoms with van der Waals surface area (Å²) in [5.41, 5.74) is 2.27. The number of aryl methyl sites for hydroxylation is 1. The number of carbonyl (C=O) groups is 1. The monoisotopic (exact) mass is 284 g/mol. The lowest BCUT2D eigenvalue weighted by atomic mass is 10.1. The van der Waals surface area contributed by atoms with Gasteiger partial charge in [-0.2, -0.15) is 0 Å². The Morgan fingerprint density at radius 1 is 1.24 bits per heavy atom. The number of hydrogen-bond donors (Lipinski definition) is 2. The van der Waals surface area contributed by atoms with Gasteiger partial charge in [0.2, 0.25) is 5.95 Å². The SMILES string of the molecule is CCc1ccccc1NC(=O)c1ccnc(NC(C)C)n1. The zero-order valence-corrected chi connectivity index (χ0v) is 12.6. The number of nitrogens with one attached hydrogen (secondary N) is 2. The van der Waals surface area contributed by atoms with E-state index in [0.29, 0.717) is 11.6 Å². The molecule has 21 heavy (non-hydrogen) atoms. The highest BCUT2D eigenvalue weighted by Gasteiger charge is 2.11. The van der Waals surface area contributed by atoms with Gasteiger partial charge in [-0.1, -0.05) is 25.1 Å². The number of para-hydroxylation sites is 1. The molecule has 0 aliphatic heterocycles. The summed E-state index contributed by atoms with van der Waals surface area (Å²) in [4.78, 5) is 20.6. The summed E-state index contributed by atoms with van der Waals surface area (Å²) < 4.78 is 0. The van der Waals surface area contributed by atoms with Crippen LogP contribution in [-0.2, 0) is 6.42 Å². The summed E-state index contributed by atoms with van der Waals surface area (Å²) in [6, 6.07) is 9.58. The van der Waals surface area contributed by atoms with E-state index in [1.165, 1.54) is 0 Å². The minimum atomic E-state index is -0.231. The zero-order chi connectivity index (χ0) is 15.2. The van der Waals surface area contributed by atoms with Gasteiger partial charge in [0, 0.05) is 17.9 Å². The molecule has 2 N–H and O–H groups in total. The van der Waals surface area contributed by atoms with Gasteiger partial charge in [-0.05, 0) is 38.0 Å². The van der Waals surface area contributed by atoms with Crippen LogP contribution in [0.25, 0.3) is 0 Å².